The molecule has 1 N–H and O–H groups in total. The molecule has 0 heterocycles. The summed E-state index contributed by atoms with van der Waals surface area (Å²) in [4.78, 5) is 12.5. The summed E-state index contributed by atoms with van der Waals surface area (Å²) in [5, 5.41) is 5.10. The lowest BCUT2D eigenvalue weighted by atomic mass is 10.1. The lowest BCUT2D eigenvalue weighted by Crippen LogP contribution is -2.39. The van der Waals surface area contributed by atoms with E-state index in [1.54, 1.807) is 7.11 Å². The largest absolute Gasteiger partial charge is 0.497 e. The quantitative estimate of drug-likeness (QED) is 0.647. The molecule has 0 aliphatic rings. The first-order valence-electron chi connectivity index (χ1n) is 9.26. The summed E-state index contributed by atoms with van der Waals surface area (Å²) in [6, 6.07) is 21.8. The van der Waals surface area contributed by atoms with Crippen molar-refractivity contribution in [3.05, 3.63) is 72.3 Å². The predicted octanol–water partition coefficient (Wildman–Crippen LogP) is 4.36. The Kier molecular flexibility index (Phi) is 6.31. The molecule has 0 aromatic heterocycles. The van der Waals surface area contributed by atoms with E-state index in [1.165, 1.54) is 0 Å². The fourth-order valence-corrected chi connectivity index (χ4v) is 3.01. The average Bonchev–Trinajstić information content (AvgIpc) is 2.72. The Balaban J connectivity index is 1.58. The van der Waals surface area contributed by atoms with Gasteiger partial charge >= 0.3 is 0 Å². The molecule has 3 aromatic rings. The van der Waals surface area contributed by atoms with Crippen LogP contribution < -0.4 is 14.8 Å². The van der Waals surface area contributed by atoms with E-state index in [2.05, 4.69) is 5.32 Å². The highest BCUT2D eigenvalue weighted by Gasteiger charge is 2.18. The molecule has 3 aromatic carbocycles. The smallest absolute Gasteiger partial charge is 0.261 e. The van der Waals surface area contributed by atoms with Crippen molar-refractivity contribution in [1.82, 2.24) is 5.32 Å². The number of carbonyl (C=O) groups is 1. The van der Waals surface area contributed by atoms with Gasteiger partial charge in [-0.1, -0.05) is 55.5 Å². The number of amides is 1. The molecule has 0 saturated carbocycles. The topological polar surface area (TPSA) is 47.6 Å². The second kappa shape index (κ2) is 9.08. The molecule has 0 aliphatic heterocycles. The van der Waals surface area contributed by atoms with Crippen LogP contribution in [-0.4, -0.2) is 25.7 Å². The highest BCUT2D eigenvalue weighted by atomic mass is 16.5. The first-order valence-corrected chi connectivity index (χ1v) is 9.26. The number of hydrogen-bond acceptors (Lipinski definition) is 3. The summed E-state index contributed by atoms with van der Waals surface area (Å²) in [5.74, 6) is 1.49. The first-order chi connectivity index (χ1) is 13.2. The minimum atomic E-state index is -0.508. The van der Waals surface area contributed by atoms with Crippen molar-refractivity contribution in [2.24, 2.45) is 0 Å². The number of nitrogens with one attached hydrogen (secondary N) is 1. The van der Waals surface area contributed by atoms with Crippen molar-refractivity contribution in [1.29, 1.82) is 0 Å². The van der Waals surface area contributed by atoms with Crippen LogP contribution in [0.5, 0.6) is 11.5 Å². The van der Waals surface area contributed by atoms with Gasteiger partial charge in [-0.2, -0.15) is 0 Å². The second-order valence-corrected chi connectivity index (χ2v) is 6.38. The van der Waals surface area contributed by atoms with Crippen LogP contribution >= 0.6 is 0 Å². The normalized spacial score (nSPS) is 11.8. The Hall–Kier alpha value is -3.01. The molecule has 1 amide bonds. The van der Waals surface area contributed by atoms with E-state index >= 15 is 0 Å². The van der Waals surface area contributed by atoms with Gasteiger partial charge in [-0.05, 0) is 42.0 Å². The first kappa shape index (κ1) is 18.8. The van der Waals surface area contributed by atoms with E-state index in [9.17, 15) is 4.79 Å². The van der Waals surface area contributed by atoms with Crippen LogP contribution in [0.1, 0.15) is 18.9 Å². The molecular weight excluding hydrogens is 338 g/mol. The number of benzene rings is 3. The van der Waals surface area contributed by atoms with Crippen LogP contribution in [0.15, 0.2) is 66.7 Å². The Morgan fingerprint density at radius 2 is 1.74 bits per heavy atom. The molecule has 0 spiro atoms. The van der Waals surface area contributed by atoms with Crippen molar-refractivity contribution in [2.45, 2.75) is 25.9 Å². The Morgan fingerprint density at radius 1 is 1.00 bits per heavy atom. The van der Waals surface area contributed by atoms with E-state index in [0.717, 1.165) is 34.3 Å². The summed E-state index contributed by atoms with van der Waals surface area (Å²) < 4.78 is 11.2. The Bertz CT molecular complexity index is 884. The molecule has 0 fully saturated rings. The van der Waals surface area contributed by atoms with Crippen LogP contribution in [0, 0.1) is 0 Å². The third kappa shape index (κ3) is 4.79. The highest BCUT2D eigenvalue weighted by molar-refractivity contribution is 5.89. The molecule has 0 radical (unpaired) electrons. The van der Waals surface area contributed by atoms with Crippen LogP contribution in [0.2, 0.25) is 0 Å². The maximum Gasteiger partial charge on any atom is 0.261 e. The van der Waals surface area contributed by atoms with Crippen LogP contribution in [0.25, 0.3) is 10.8 Å². The number of methoxy groups -OCH3 is 1. The predicted molar refractivity (Wildman–Crippen MR) is 108 cm³/mol. The zero-order chi connectivity index (χ0) is 19.1. The SMILES string of the molecule is CC[C@@H](Oc1cccc2ccccc12)C(=O)NCCc1ccc(OC)cc1. The average molecular weight is 363 g/mol. The van der Waals surface area contributed by atoms with Gasteiger partial charge in [0.05, 0.1) is 7.11 Å². The van der Waals surface area contributed by atoms with Gasteiger partial charge in [-0.3, -0.25) is 4.79 Å². The fraction of sp³-hybridized carbons (Fsp3) is 0.261. The monoisotopic (exact) mass is 363 g/mol. The van der Waals surface area contributed by atoms with Crippen LogP contribution in [-0.2, 0) is 11.2 Å². The van der Waals surface area contributed by atoms with Crippen molar-refractivity contribution in [2.75, 3.05) is 13.7 Å². The number of fused-ring (bicyclic) bond motifs is 1. The van der Waals surface area contributed by atoms with Gasteiger partial charge < -0.3 is 14.8 Å². The van der Waals surface area contributed by atoms with Crippen molar-refractivity contribution in [3.8, 4) is 11.5 Å². The van der Waals surface area contributed by atoms with Gasteiger partial charge in [-0.15, -0.1) is 0 Å². The minimum Gasteiger partial charge on any atom is -0.497 e. The number of rotatable bonds is 8. The lowest BCUT2D eigenvalue weighted by molar-refractivity contribution is -0.128. The van der Waals surface area contributed by atoms with Crippen LogP contribution in [0.3, 0.4) is 0 Å². The zero-order valence-corrected chi connectivity index (χ0v) is 15.8. The third-order valence-electron chi connectivity index (χ3n) is 4.55. The minimum absolute atomic E-state index is 0.0843. The summed E-state index contributed by atoms with van der Waals surface area (Å²) in [6.45, 7) is 2.53. The molecule has 3 rings (SSSR count). The van der Waals surface area contributed by atoms with Gasteiger partial charge in [0.15, 0.2) is 6.10 Å². The van der Waals surface area contributed by atoms with E-state index in [0.29, 0.717) is 13.0 Å². The number of hydrogen-bond donors (Lipinski definition) is 1. The van der Waals surface area contributed by atoms with Crippen LogP contribution in [0.4, 0.5) is 0 Å². The molecule has 0 unspecified atom stereocenters. The van der Waals surface area contributed by atoms with Crippen molar-refractivity contribution in [3.63, 3.8) is 0 Å². The summed E-state index contributed by atoms with van der Waals surface area (Å²) in [7, 11) is 1.65. The van der Waals surface area contributed by atoms with Crippen molar-refractivity contribution >= 4 is 16.7 Å². The van der Waals surface area contributed by atoms with Gasteiger partial charge in [0.1, 0.15) is 11.5 Å². The molecule has 4 heteroatoms. The van der Waals surface area contributed by atoms with E-state index < -0.39 is 6.10 Å². The number of ether oxygens (including phenoxy) is 2. The lowest BCUT2D eigenvalue weighted by Gasteiger charge is -2.18. The van der Waals surface area contributed by atoms with Gasteiger partial charge in [0.2, 0.25) is 0 Å². The molecule has 1 atom stereocenters. The van der Waals surface area contributed by atoms with E-state index in [4.69, 9.17) is 9.47 Å². The summed E-state index contributed by atoms with van der Waals surface area (Å²) in [5.41, 5.74) is 1.15. The molecule has 0 saturated heterocycles. The molecule has 0 aliphatic carbocycles. The molecule has 0 bridgehead atoms. The number of carbonyl (C=O) groups excluding carboxylic acids is 1. The standard InChI is InChI=1S/C23H25NO3/c1-3-21(27-22-10-6-8-18-7-4-5-9-20(18)22)23(25)24-16-15-17-11-13-19(26-2)14-12-17/h4-14,21H,3,15-16H2,1-2H3,(H,24,25)/t21-/m1/s1. The summed E-state index contributed by atoms with van der Waals surface area (Å²) >= 11 is 0. The molecule has 140 valence electrons. The van der Waals surface area contributed by atoms with E-state index in [-0.39, 0.29) is 5.91 Å². The summed E-state index contributed by atoms with van der Waals surface area (Å²) in [6.07, 6.45) is 0.865. The Morgan fingerprint density at radius 3 is 2.48 bits per heavy atom. The third-order valence-corrected chi connectivity index (χ3v) is 4.55. The molecule has 4 nitrogen and oxygen atoms in total. The van der Waals surface area contributed by atoms with Gasteiger partial charge in [-0.25, -0.2) is 0 Å². The van der Waals surface area contributed by atoms with Gasteiger partial charge in [0, 0.05) is 11.9 Å². The molecular formula is C23H25NO3. The highest BCUT2D eigenvalue weighted by Crippen LogP contribution is 2.26. The molecule has 27 heavy (non-hydrogen) atoms. The second-order valence-electron chi connectivity index (χ2n) is 6.38. The zero-order valence-electron chi connectivity index (χ0n) is 15.8. The van der Waals surface area contributed by atoms with Crippen molar-refractivity contribution < 1.29 is 14.3 Å². The Labute approximate surface area is 160 Å². The maximum atomic E-state index is 12.5. The van der Waals surface area contributed by atoms with E-state index in [1.807, 2.05) is 73.7 Å². The maximum absolute atomic E-state index is 12.5. The van der Waals surface area contributed by atoms with Gasteiger partial charge in [0.25, 0.3) is 5.91 Å². The fourth-order valence-electron chi connectivity index (χ4n) is 3.01.